The molecule has 0 saturated heterocycles. The van der Waals surface area contributed by atoms with Crippen molar-refractivity contribution in [3.63, 3.8) is 0 Å². The van der Waals surface area contributed by atoms with Crippen LogP contribution in [0.15, 0.2) is 6.20 Å². The molecular weight excluding hydrogens is 230 g/mol. The molecule has 2 N–H and O–H groups in total. The summed E-state index contributed by atoms with van der Waals surface area (Å²) in [6, 6.07) is 0. The van der Waals surface area contributed by atoms with Crippen LogP contribution in [0.1, 0.15) is 18.2 Å². The first-order chi connectivity index (χ1) is 7.36. The first-order valence-electron chi connectivity index (χ1n) is 4.95. The number of aliphatic hydroxyl groups is 1. The lowest BCUT2D eigenvalue weighted by Crippen LogP contribution is -2.34. The van der Waals surface area contributed by atoms with Crippen LogP contribution in [0.25, 0.3) is 0 Å². The van der Waals surface area contributed by atoms with Crippen molar-refractivity contribution in [3.05, 3.63) is 17.5 Å². The normalized spacial score (nSPS) is 14.0. The number of nitrogens with zero attached hydrogens (tertiary/aromatic N) is 2. The molecule has 7 heteroatoms. The molecular formula is C9H17N3O3S. The van der Waals surface area contributed by atoms with Crippen LogP contribution in [0.2, 0.25) is 0 Å². The van der Waals surface area contributed by atoms with Crippen molar-refractivity contribution in [1.82, 2.24) is 14.5 Å². The molecule has 16 heavy (non-hydrogen) atoms. The lowest BCUT2D eigenvalue weighted by atomic mass is 10.3. The standard InChI is InChI=1S/C9H17N3O3S/c1-7(6-13)16(14,15)10-4-9-5-12(3)11-8(9)2/h5,7,10,13H,4,6H2,1-3H3. The Kier molecular flexibility index (Phi) is 4.06. The van der Waals surface area contributed by atoms with E-state index in [9.17, 15) is 8.42 Å². The summed E-state index contributed by atoms with van der Waals surface area (Å²) in [5, 5.41) is 12.1. The van der Waals surface area contributed by atoms with Crippen LogP contribution in [-0.2, 0) is 23.6 Å². The van der Waals surface area contributed by atoms with E-state index in [4.69, 9.17) is 5.11 Å². The molecule has 1 unspecified atom stereocenters. The molecule has 0 radical (unpaired) electrons. The number of hydrogen-bond acceptors (Lipinski definition) is 4. The Balaban J connectivity index is 2.68. The van der Waals surface area contributed by atoms with E-state index in [2.05, 4.69) is 9.82 Å². The SMILES string of the molecule is Cc1nn(C)cc1CNS(=O)(=O)C(C)CO. The van der Waals surface area contributed by atoms with Gasteiger partial charge in [0.25, 0.3) is 0 Å². The summed E-state index contributed by atoms with van der Waals surface area (Å²) in [5.74, 6) is 0. The van der Waals surface area contributed by atoms with E-state index in [1.807, 2.05) is 6.92 Å². The van der Waals surface area contributed by atoms with Gasteiger partial charge in [-0.3, -0.25) is 4.68 Å². The van der Waals surface area contributed by atoms with Crippen molar-refractivity contribution in [3.8, 4) is 0 Å². The highest BCUT2D eigenvalue weighted by molar-refractivity contribution is 7.90. The van der Waals surface area contributed by atoms with E-state index in [-0.39, 0.29) is 13.2 Å². The Hall–Kier alpha value is -0.920. The molecule has 1 heterocycles. The van der Waals surface area contributed by atoms with Crippen LogP contribution in [0, 0.1) is 6.92 Å². The predicted octanol–water partition coefficient (Wildman–Crippen LogP) is -0.471. The number of aliphatic hydroxyl groups excluding tert-OH is 1. The first-order valence-corrected chi connectivity index (χ1v) is 6.50. The summed E-state index contributed by atoms with van der Waals surface area (Å²) in [5.41, 5.74) is 1.62. The third-order valence-electron chi connectivity index (χ3n) is 2.37. The fourth-order valence-electron chi connectivity index (χ4n) is 1.24. The Morgan fingerprint density at radius 2 is 2.25 bits per heavy atom. The molecule has 0 saturated carbocycles. The van der Waals surface area contributed by atoms with E-state index in [1.165, 1.54) is 6.92 Å². The van der Waals surface area contributed by atoms with E-state index in [0.717, 1.165) is 11.3 Å². The van der Waals surface area contributed by atoms with E-state index in [1.54, 1.807) is 17.9 Å². The fraction of sp³-hybridized carbons (Fsp3) is 0.667. The second-order valence-corrected chi connectivity index (χ2v) is 5.96. The highest BCUT2D eigenvalue weighted by Gasteiger charge is 2.19. The maximum Gasteiger partial charge on any atom is 0.216 e. The quantitative estimate of drug-likeness (QED) is 0.736. The van der Waals surface area contributed by atoms with Gasteiger partial charge in [0.15, 0.2) is 0 Å². The predicted molar refractivity (Wildman–Crippen MR) is 60.3 cm³/mol. The second-order valence-electron chi connectivity index (χ2n) is 3.77. The zero-order valence-electron chi connectivity index (χ0n) is 9.64. The number of sulfonamides is 1. The summed E-state index contributed by atoms with van der Waals surface area (Å²) in [7, 11) is -1.67. The number of aromatic nitrogens is 2. The molecule has 0 aromatic carbocycles. The summed E-state index contributed by atoms with van der Waals surface area (Å²) in [6.45, 7) is 3.09. The van der Waals surface area contributed by atoms with Crippen LogP contribution in [0.3, 0.4) is 0 Å². The van der Waals surface area contributed by atoms with Gasteiger partial charge in [-0.05, 0) is 13.8 Å². The van der Waals surface area contributed by atoms with Gasteiger partial charge in [-0.1, -0.05) is 0 Å². The van der Waals surface area contributed by atoms with Crippen molar-refractivity contribution < 1.29 is 13.5 Å². The van der Waals surface area contributed by atoms with Gasteiger partial charge in [0.05, 0.1) is 17.6 Å². The third-order valence-corrected chi connectivity index (χ3v) is 4.12. The minimum Gasteiger partial charge on any atom is -0.395 e. The molecule has 6 nitrogen and oxygen atoms in total. The smallest absolute Gasteiger partial charge is 0.216 e. The summed E-state index contributed by atoms with van der Waals surface area (Å²) in [4.78, 5) is 0. The van der Waals surface area contributed by atoms with Gasteiger partial charge in [-0.15, -0.1) is 0 Å². The third kappa shape index (κ3) is 3.03. The average molecular weight is 247 g/mol. The summed E-state index contributed by atoms with van der Waals surface area (Å²) >= 11 is 0. The lowest BCUT2D eigenvalue weighted by molar-refractivity contribution is 0.294. The molecule has 1 rings (SSSR count). The summed E-state index contributed by atoms with van der Waals surface area (Å²) < 4.78 is 27.2. The Bertz CT molecular complexity index is 453. The minimum absolute atomic E-state index is 0.201. The number of aryl methyl sites for hydroxylation is 2. The van der Waals surface area contributed by atoms with Crippen LogP contribution < -0.4 is 4.72 Å². The maximum atomic E-state index is 11.6. The highest BCUT2D eigenvalue weighted by atomic mass is 32.2. The topological polar surface area (TPSA) is 84.2 Å². The van der Waals surface area contributed by atoms with Gasteiger partial charge in [0.1, 0.15) is 0 Å². The van der Waals surface area contributed by atoms with Crippen molar-refractivity contribution in [2.45, 2.75) is 25.6 Å². The first kappa shape index (κ1) is 13.1. The van der Waals surface area contributed by atoms with Crippen molar-refractivity contribution >= 4 is 10.0 Å². The zero-order chi connectivity index (χ0) is 12.3. The van der Waals surface area contributed by atoms with E-state index in [0.29, 0.717) is 0 Å². The van der Waals surface area contributed by atoms with Crippen LogP contribution in [-0.4, -0.2) is 35.2 Å². The summed E-state index contributed by atoms with van der Waals surface area (Å²) in [6.07, 6.45) is 1.77. The second kappa shape index (κ2) is 4.94. The van der Waals surface area contributed by atoms with E-state index < -0.39 is 15.3 Å². The Morgan fingerprint density at radius 1 is 1.62 bits per heavy atom. The molecule has 0 aliphatic carbocycles. The van der Waals surface area contributed by atoms with Crippen molar-refractivity contribution in [2.75, 3.05) is 6.61 Å². The minimum atomic E-state index is -3.45. The van der Waals surface area contributed by atoms with Crippen LogP contribution in [0.4, 0.5) is 0 Å². The average Bonchev–Trinajstić information content (AvgIpc) is 2.53. The monoisotopic (exact) mass is 247 g/mol. The molecule has 0 amide bonds. The lowest BCUT2D eigenvalue weighted by Gasteiger charge is -2.10. The Morgan fingerprint density at radius 3 is 2.69 bits per heavy atom. The zero-order valence-corrected chi connectivity index (χ0v) is 10.5. The fourth-order valence-corrected chi connectivity index (χ4v) is 2.08. The molecule has 1 aromatic heterocycles. The van der Waals surface area contributed by atoms with Gasteiger partial charge < -0.3 is 5.11 Å². The van der Waals surface area contributed by atoms with Gasteiger partial charge in [0.2, 0.25) is 10.0 Å². The maximum absolute atomic E-state index is 11.6. The van der Waals surface area contributed by atoms with Gasteiger partial charge in [-0.2, -0.15) is 5.10 Å². The molecule has 0 aliphatic heterocycles. The molecule has 1 atom stereocenters. The molecule has 0 spiro atoms. The molecule has 0 aliphatic rings. The number of nitrogens with one attached hydrogen (secondary N) is 1. The Labute approximate surface area is 95.3 Å². The van der Waals surface area contributed by atoms with Gasteiger partial charge in [-0.25, -0.2) is 13.1 Å². The highest BCUT2D eigenvalue weighted by Crippen LogP contribution is 2.06. The molecule has 0 bridgehead atoms. The van der Waals surface area contributed by atoms with Crippen molar-refractivity contribution in [1.29, 1.82) is 0 Å². The van der Waals surface area contributed by atoms with Gasteiger partial charge >= 0.3 is 0 Å². The van der Waals surface area contributed by atoms with Crippen molar-refractivity contribution in [2.24, 2.45) is 7.05 Å². The van der Waals surface area contributed by atoms with Crippen LogP contribution >= 0.6 is 0 Å². The number of hydrogen-bond donors (Lipinski definition) is 2. The van der Waals surface area contributed by atoms with Crippen LogP contribution in [0.5, 0.6) is 0 Å². The van der Waals surface area contributed by atoms with Gasteiger partial charge in [0, 0.05) is 25.4 Å². The molecule has 0 fully saturated rings. The number of rotatable bonds is 5. The van der Waals surface area contributed by atoms with E-state index >= 15 is 0 Å². The molecule has 1 aromatic rings. The molecule has 92 valence electrons. The largest absolute Gasteiger partial charge is 0.395 e.